The van der Waals surface area contributed by atoms with E-state index in [1.54, 1.807) is 0 Å². The lowest BCUT2D eigenvalue weighted by atomic mass is 9.87. The van der Waals surface area contributed by atoms with E-state index in [9.17, 15) is 4.79 Å². The molecule has 0 spiro atoms. The van der Waals surface area contributed by atoms with Crippen molar-refractivity contribution in [3.63, 3.8) is 0 Å². The summed E-state index contributed by atoms with van der Waals surface area (Å²) in [5, 5.41) is 0. The number of nitrogens with two attached hydrogens (primary N) is 2. The molecular formula is C119H84BrN11O. The van der Waals surface area contributed by atoms with Crippen LogP contribution >= 0.6 is 15.9 Å². The third kappa shape index (κ3) is 19.6. The summed E-state index contributed by atoms with van der Waals surface area (Å²) < 4.78 is 0.893. The van der Waals surface area contributed by atoms with Crippen LogP contribution in [0, 0.1) is 0 Å². The molecule has 0 saturated heterocycles. The van der Waals surface area contributed by atoms with Gasteiger partial charge in [-0.05, 0) is 123 Å². The van der Waals surface area contributed by atoms with Gasteiger partial charge >= 0.3 is 0 Å². The third-order valence-electron chi connectivity index (χ3n) is 22.9. The number of carbonyl (C=O) groups is 1. The minimum atomic E-state index is 0.0684. The van der Waals surface area contributed by atoms with Gasteiger partial charge in [0, 0.05) is 83.5 Å². The lowest BCUT2D eigenvalue weighted by Crippen LogP contribution is -2.05. The first-order valence-electron chi connectivity index (χ1n) is 43.6. The number of hydrogen-bond acceptors (Lipinski definition) is 12. The SMILES string of the molecule is Nc1cc(-c2ccc(-c3nc(-c4ccccc4)nc(-c4ccccc4)n3)cc2)ccc1-c1ccccc1-c1ccccc1.Nc1cc(-c2ccc(-c3nc(-c4ccccc4)nc(-c4ccccc4)n3)cc2)ccc1Br.O=C(Cc1cc(-c2ccc(-c3nc(-c4ccccc4)nc(-c4ccccc4)n3)cc2)ccc1-c1ccccc1-c1ccccc1)c1ccc(-c2ccccc2)cc1. The molecule has 4 N–H and O–H groups in total. The predicted octanol–water partition coefficient (Wildman–Crippen LogP) is 29.3. The molecule has 0 aliphatic rings. The molecule has 0 radical (unpaired) electrons. The maximum Gasteiger partial charge on any atom is 0.167 e. The Balaban J connectivity index is 0.000000133. The maximum absolute atomic E-state index is 14.1. The van der Waals surface area contributed by atoms with Gasteiger partial charge in [-0.1, -0.05) is 455 Å². The molecule has 18 aromatic carbocycles. The van der Waals surface area contributed by atoms with Gasteiger partial charge in [-0.3, -0.25) is 4.79 Å². The van der Waals surface area contributed by atoms with Crippen molar-refractivity contribution in [2.45, 2.75) is 6.42 Å². The summed E-state index contributed by atoms with van der Waals surface area (Å²) in [6, 6.07) is 159. The largest absolute Gasteiger partial charge is 0.398 e. The van der Waals surface area contributed by atoms with Gasteiger partial charge in [-0.15, -0.1) is 0 Å². The Morgan fingerprint density at radius 2 is 0.386 bits per heavy atom. The highest BCUT2D eigenvalue weighted by Gasteiger charge is 2.22. The van der Waals surface area contributed by atoms with Crippen molar-refractivity contribution >= 4 is 33.1 Å². The highest BCUT2D eigenvalue weighted by Crippen LogP contribution is 2.42. The summed E-state index contributed by atoms with van der Waals surface area (Å²) in [4.78, 5) is 57.6. The molecule has 13 heteroatoms. The minimum absolute atomic E-state index is 0.0684. The van der Waals surface area contributed by atoms with Crippen LogP contribution < -0.4 is 11.5 Å². The summed E-state index contributed by atoms with van der Waals surface area (Å²) in [5.41, 5.74) is 41.6. The number of hydrogen-bond donors (Lipinski definition) is 2. The fraction of sp³-hybridized carbons (Fsp3) is 0.00840. The number of benzene rings is 18. The van der Waals surface area contributed by atoms with Crippen molar-refractivity contribution in [3.8, 4) is 192 Å². The Morgan fingerprint density at radius 3 is 0.689 bits per heavy atom. The van der Waals surface area contributed by atoms with Crippen LogP contribution in [-0.2, 0) is 6.42 Å². The zero-order chi connectivity index (χ0) is 89.3. The molecule has 0 amide bonds. The van der Waals surface area contributed by atoms with Crippen LogP contribution in [0.3, 0.4) is 0 Å². The summed E-state index contributed by atoms with van der Waals surface area (Å²) in [6.07, 6.45) is 0.254. The van der Waals surface area contributed by atoms with Crippen LogP contribution in [0.25, 0.3) is 192 Å². The third-order valence-corrected chi connectivity index (χ3v) is 23.7. The van der Waals surface area contributed by atoms with Gasteiger partial charge in [0.15, 0.2) is 58.2 Å². The smallest absolute Gasteiger partial charge is 0.167 e. The average Bonchev–Trinajstić information content (AvgIpc) is 0.797. The molecule has 0 fully saturated rings. The van der Waals surface area contributed by atoms with Crippen molar-refractivity contribution in [3.05, 3.63) is 489 Å². The summed E-state index contributed by atoms with van der Waals surface area (Å²) >= 11 is 3.45. The second kappa shape index (κ2) is 39.7. The van der Waals surface area contributed by atoms with Gasteiger partial charge in [0.1, 0.15) is 0 Å². The van der Waals surface area contributed by atoms with Crippen LogP contribution in [0.5, 0.6) is 0 Å². The number of anilines is 2. The van der Waals surface area contributed by atoms with Crippen molar-refractivity contribution in [2.24, 2.45) is 0 Å². The fourth-order valence-electron chi connectivity index (χ4n) is 16.1. The number of aromatic nitrogens is 9. The van der Waals surface area contributed by atoms with Gasteiger partial charge in [0.25, 0.3) is 0 Å². The first-order chi connectivity index (χ1) is 65.1. The van der Waals surface area contributed by atoms with Crippen LogP contribution in [0.1, 0.15) is 15.9 Å². The summed E-state index contributed by atoms with van der Waals surface area (Å²) in [7, 11) is 0. The van der Waals surface area contributed by atoms with E-state index < -0.39 is 0 Å². The Morgan fingerprint density at radius 1 is 0.182 bits per heavy atom. The molecule has 3 aromatic heterocycles. The monoisotopic (exact) mass is 1760 g/mol. The highest BCUT2D eigenvalue weighted by atomic mass is 79.9. The van der Waals surface area contributed by atoms with Gasteiger partial charge in [0.05, 0.1) is 0 Å². The van der Waals surface area contributed by atoms with Crippen molar-refractivity contribution in [2.75, 3.05) is 11.5 Å². The number of nitrogens with zero attached hydrogens (tertiary/aromatic N) is 9. The lowest BCUT2D eigenvalue weighted by Gasteiger charge is -2.16. The Bertz CT molecular complexity index is 7390. The zero-order valence-corrected chi connectivity index (χ0v) is 73.3. The Kier molecular flexibility index (Phi) is 25.4. The highest BCUT2D eigenvalue weighted by molar-refractivity contribution is 9.10. The molecular weight excluding hydrogens is 1680 g/mol. The van der Waals surface area contributed by atoms with Crippen LogP contribution in [0.2, 0.25) is 0 Å². The average molecular weight is 1760 g/mol. The van der Waals surface area contributed by atoms with Gasteiger partial charge in [0.2, 0.25) is 0 Å². The Labute approximate surface area is 775 Å². The van der Waals surface area contributed by atoms with E-state index in [0.717, 1.165) is 149 Å². The van der Waals surface area contributed by atoms with E-state index in [4.69, 9.17) is 56.3 Å². The van der Waals surface area contributed by atoms with Crippen LogP contribution in [0.4, 0.5) is 11.4 Å². The number of halogens is 1. The molecule has 0 bridgehead atoms. The minimum Gasteiger partial charge on any atom is -0.398 e. The molecule has 0 saturated carbocycles. The molecule has 628 valence electrons. The fourth-order valence-corrected chi connectivity index (χ4v) is 16.3. The molecule has 0 aliphatic heterocycles. The quantitative estimate of drug-likeness (QED) is 0.0544. The number of nitrogen functional groups attached to an aromatic ring is 2. The van der Waals surface area contributed by atoms with E-state index in [1.165, 1.54) is 5.56 Å². The van der Waals surface area contributed by atoms with Crippen molar-refractivity contribution in [1.82, 2.24) is 44.9 Å². The predicted molar refractivity (Wildman–Crippen MR) is 543 cm³/mol. The summed E-state index contributed by atoms with van der Waals surface area (Å²) in [5.74, 6) is 5.79. The van der Waals surface area contributed by atoms with Crippen LogP contribution in [0.15, 0.2) is 478 Å². The lowest BCUT2D eigenvalue weighted by molar-refractivity contribution is 0.0993. The second-order valence-electron chi connectivity index (χ2n) is 31.6. The van der Waals surface area contributed by atoms with E-state index in [0.29, 0.717) is 63.7 Å². The number of ketones is 1. The maximum atomic E-state index is 14.1. The van der Waals surface area contributed by atoms with Crippen molar-refractivity contribution < 1.29 is 4.79 Å². The van der Waals surface area contributed by atoms with E-state index >= 15 is 0 Å². The van der Waals surface area contributed by atoms with E-state index in [2.05, 4.69) is 222 Å². The normalized spacial score (nSPS) is 10.9. The molecule has 21 rings (SSSR count). The molecule has 12 nitrogen and oxygen atoms in total. The summed E-state index contributed by atoms with van der Waals surface area (Å²) in [6.45, 7) is 0. The molecule has 0 atom stereocenters. The van der Waals surface area contributed by atoms with E-state index in [-0.39, 0.29) is 12.2 Å². The molecule has 132 heavy (non-hydrogen) atoms. The topological polar surface area (TPSA) is 185 Å². The van der Waals surface area contributed by atoms with Crippen molar-refractivity contribution in [1.29, 1.82) is 0 Å². The number of Topliss-reactive ketones (excluding diaryl/α,β-unsaturated/α-hetero) is 1. The van der Waals surface area contributed by atoms with Gasteiger partial charge in [-0.25, -0.2) is 44.9 Å². The second-order valence-corrected chi connectivity index (χ2v) is 32.5. The molecule has 0 aliphatic carbocycles. The standard InChI is InChI=1S/C53H37N3O.C39H28N4.C27H19BrN4/c57-50(41-29-25-38(26-30-41)37-15-5-1-6-16-37)36-46-35-45(33-34-48(46)49-24-14-13-23-47(49)40-17-7-2-8-18-40)39-27-31-44(32-28-39)53-55-51(42-19-9-3-10-20-42)54-52(56-53)43-21-11-4-12-22-43;40-36-26-32(24-25-35(36)34-19-11-10-18-33(34)28-12-4-1-5-13-28)27-20-22-31(23-21-27)39-42-37(29-14-6-2-7-15-29)41-38(43-39)30-16-8-3-9-17-30;28-23-16-15-22(17-24(23)29)18-11-13-21(14-12-18)27-31-25(19-7-3-1-4-8-19)30-26(32-27)20-9-5-2-6-10-20/h1-35H,36H2;1-26H,40H2;1-17H,29H2. The molecule has 3 heterocycles. The van der Waals surface area contributed by atoms with Gasteiger partial charge < -0.3 is 11.5 Å². The zero-order valence-electron chi connectivity index (χ0n) is 71.7. The van der Waals surface area contributed by atoms with E-state index in [1.807, 2.05) is 267 Å². The number of rotatable bonds is 20. The number of carbonyl (C=O) groups excluding carboxylic acids is 1. The van der Waals surface area contributed by atoms with Gasteiger partial charge in [-0.2, -0.15) is 0 Å². The molecule has 0 unspecified atom stereocenters. The molecule has 21 aromatic rings. The van der Waals surface area contributed by atoms with Crippen LogP contribution in [-0.4, -0.2) is 50.6 Å². The first kappa shape index (κ1) is 84.2. The Hall–Kier alpha value is -17.3. The first-order valence-corrected chi connectivity index (χ1v) is 44.3.